The van der Waals surface area contributed by atoms with Crippen molar-refractivity contribution in [1.82, 2.24) is 4.98 Å². The Bertz CT molecular complexity index is 400. The molecule has 0 saturated carbocycles. The van der Waals surface area contributed by atoms with Gasteiger partial charge in [0.1, 0.15) is 5.15 Å². The van der Waals surface area contributed by atoms with Crippen LogP contribution in [0.5, 0.6) is 5.88 Å². The van der Waals surface area contributed by atoms with Crippen LogP contribution in [0.1, 0.15) is 0 Å². The minimum Gasteiger partial charge on any atom is -0.460 e. The maximum atomic E-state index is 10.5. The van der Waals surface area contributed by atoms with Gasteiger partial charge >= 0.3 is 5.69 Å². The second-order valence-electron chi connectivity index (χ2n) is 2.21. The third kappa shape index (κ3) is 2.34. The van der Waals surface area contributed by atoms with Gasteiger partial charge < -0.3 is 4.74 Å². The molecule has 0 aliphatic carbocycles. The zero-order valence-corrected chi connectivity index (χ0v) is 7.69. The Morgan fingerprint density at radius 3 is 3.00 bits per heavy atom. The van der Waals surface area contributed by atoms with Gasteiger partial charge in [0.25, 0.3) is 5.88 Å². The first-order chi connectivity index (χ1) is 6.65. The summed E-state index contributed by atoms with van der Waals surface area (Å²) in [4.78, 5) is 13.5. The summed E-state index contributed by atoms with van der Waals surface area (Å²) in [5, 5.41) is 10.6. The van der Waals surface area contributed by atoms with E-state index in [-0.39, 0.29) is 23.3 Å². The zero-order chi connectivity index (χ0) is 10.6. The molecule has 0 N–H and O–H groups in total. The van der Waals surface area contributed by atoms with Crippen LogP contribution in [-0.4, -0.2) is 16.5 Å². The highest BCUT2D eigenvalue weighted by molar-refractivity contribution is 6.29. The first kappa shape index (κ1) is 10.3. The van der Waals surface area contributed by atoms with E-state index in [1.807, 2.05) is 0 Å². The predicted octanol–water partition coefficient (Wildman–Crippen LogP) is 1.66. The van der Waals surface area contributed by atoms with E-state index in [4.69, 9.17) is 22.8 Å². The molecule has 0 spiro atoms. The number of pyridine rings is 1. The van der Waals surface area contributed by atoms with Crippen molar-refractivity contribution in [3.8, 4) is 18.2 Å². The van der Waals surface area contributed by atoms with Gasteiger partial charge in [0, 0.05) is 6.07 Å². The first-order valence-corrected chi connectivity index (χ1v) is 3.90. The van der Waals surface area contributed by atoms with E-state index < -0.39 is 4.92 Å². The molecule has 0 amide bonds. The Balaban J connectivity index is 3.04. The Morgan fingerprint density at radius 1 is 1.71 bits per heavy atom. The van der Waals surface area contributed by atoms with E-state index in [1.54, 1.807) is 0 Å². The summed E-state index contributed by atoms with van der Waals surface area (Å²) in [6.45, 7) is -0.0891. The number of rotatable bonds is 3. The van der Waals surface area contributed by atoms with Gasteiger partial charge in [-0.2, -0.15) is 4.98 Å². The van der Waals surface area contributed by atoms with Crippen molar-refractivity contribution < 1.29 is 9.66 Å². The number of terminal acetylenes is 1. The summed E-state index contributed by atoms with van der Waals surface area (Å²) in [6, 6.07) is 2.52. The lowest BCUT2D eigenvalue weighted by Gasteiger charge is -2.01. The van der Waals surface area contributed by atoms with E-state index in [9.17, 15) is 10.1 Å². The van der Waals surface area contributed by atoms with Crippen molar-refractivity contribution in [2.45, 2.75) is 0 Å². The maximum Gasteiger partial charge on any atom is 0.331 e. The molecule has 14 heavy (non-hydrogen) atoms. The van der Waals surface area contributed by atoms with Crippen LogP contribution < -0.4 is 4.74 Å². The second-order valence-corrected chi connectivity index (χ2v) is 2.60. The lowest BCUT2D eigenvalue weighted by molar-refractivity contribution is -0.386. The molecule has 1 aromatic rings. The average Bonchev–Trinajstić information content (AvgIpc) is 2.14. The number of hydrogen-bond donors (Lipinski definition) is 0. The predicted molar refractivity (Wildman–Crippen MR) is 50.2 cm³/mol. The molecule has 72 valence electrons. The highest BCUT2D eigenvalue weighted by atomic mass is 35.5. The molecule has 0 aliphatic heterocycles. The van der Waals surface area contributed by atoms with Crippen LogP contribution in [0.3, 0.4) is 0 Å². The van der Waals surface area contributed by atoms with Crippen LogP contribution in [0.2, 0.25) is 5.15 Å². The molecule has 1 rings (SSSR count). The minimum atomic E-state index is -0.616. The molecule has 0 aliphatic rings. The third-order valence-electron chi connectivity index (χ3n) is 1.30. The standard InChI is InChI=1S/C8H5ClN2O3/c1-2-5-14-8-6(11(12)13)3-4-7(9)10-8/h1,3-4H,5H2. The molecule has 0 aromatic carbocycles. The van der Waals surface area contributed by atoms with Crippen molar-refractivity contribution in [3.05, 3.63) is 27.4 Å². The number of halogens is 1. The number of nitro groups is 1. The van der Waals surface area contributed by atoms with Gasteiger partial charge in [-0.05, 0) is 6.07 Å². The van der Waals surface area contributed by atoms with Crippen LogP contribution in [0.15, 0.2) is 12.1 Å². The molecule has 6 heteroatoms. The Morgan fingerprint density at radius 2 is 2.43 bits per heavy atom. The largest absolute Gasteiger partial charge is 0.460 e. The average molecular weight is 213 g/mol. The van der Waals surface area contributed by atoms with Gasteiger partial charge in [0.05, 0.1) is 4.92 Å². The summed E-state index contributed by atoms with van der Waals surface area (Å²) in [7, 11) is 0. The molecular weight excluding hydrogens is 208 g/mol. The molecule has 0 fully saturated rings. The first-order valence-electron chi connectivity index (χ1n) is 3.52. The molecule has 0 saturated heterocycles. The van der Waals surface area contributed by atoms with E-state index in [0.29, 0.717) is 0 Å². The van der Waals surface area contributed by atoms with Crippen molar-refractivity contribution in [2.75, 3.05) is 6.61 Å². The zero-order valence-electron chi connectivity index (χ0n) is 6.94. The third-order valence-corrected chi connectivity index (χ3v) is 1.51. The summed E-state index contributed by atoms with van der Waals surface area (Å²) in [5.74, 6) is 2.01. The van der Waals surface area contributed by atoms with Gasteiger partial charge in [0.2, 0.25) is 0 Å². The molecule has 0 bridgehead atoms. The monoisotopic (exact) mass is 212 g/mol. The Labute approximate surface area is 84.8 Å². The van der Waals surface area contributed by atoms with Crippen molar-refractivity contribution >= 4 is 17.3 Å². The van der Waals surface area contributed by atoms with Gasteiger partial charge in [-0.25, -0.2) is 0 Å². The Kier molecular flexibility index (Phi) is 3.26. The summed E-state index contributed by atoms with van der Waals surface area (Å²) in [5.41, 5.74) is -0.260. The van der Waals surface area contributed by atoms with Crippen LogP contribution in [0.25, 0.3) is 0 Å². The smallest absolute Gasteiger partial charge is 0.331 e. The quantitative estimate of drug-likeness (QED) is 0.331. The molecule has 5 nitrogen and oxygen atoms in total. The molecule has 1 heterocycles. The van der Waals surface area contributed by atoms with Crippen LogP contribution in [0, 0.1) is 22.5 Å². The molecular formula is C8H5ClN2O3. The van der Waals surface area contributed by atoms with Gasteiger partial charge in [-0.15, -0.1) is 6.42 Å². The van der Waals surface area contributed by atoms with Gasteiger partial charge in [-0.3, -0.25) is 10.1 Å². The number of nitrogens with zero attached hydrogens (tertiary/aromatic N) is 2. The van der Waals surface area contributed by atoms with Crippen molar-refractivity contribution in [3.63, 3.8) is 0 Å². The molecule has 0 radical (unpaired) electrons. The maximum absolute atomic E-state index is 10.5. The van der Waals surface area contributed by atoms with E-state index in [1.165, 1.54) is 12.1 Å². The summed E-state index contributed by atoms with van der Waals surface area (Å²) >= 11 is 5.54. The summed E-state index contributed by atoms with van der Waals surface area (Å²) in [6.07, 6.45) is 4.93. The lowest BCUT2D eigenvalue weighted by atomic mass is 10.4. The Hall–Kier alpha value is -1.80. The molecule has 1 aromatic heterocycles. The highest BCUT2D eigenvalue weighted by Crippen LogP contribution is 2.25. The van der Waals surface area contributed by atoms with E-state index in [2.05, 4.69) is 10.9 Å². The topological polar surface area (TPSA) is 65.3 Å². The van der Waals surface area contributed by atoms with Crippen LogP contribution in [0.4, 0.5) is 5.69 Å². The van der Waals surface area contributed by atoms with E-state index in [0.717, 1.165) is 0 Å². The number of aromatic nitrogens is 1. The SMILES string of the molecule is C#CCOc1nc(Cl)ccc1[N+](=O)[O-]. The number of ether oxygens (including phenoxy) is 1. The molecule has 0 unspecified atom stereocenters. The fraction of sp³-hybridized carbons (Fsp3) is 0.125. The minimum absolute atomic E-state index is 0.0891. The normalized spacial score (nSPS) is 9.14. The van der Waals surface area contributed by atoms with Crippen LogP contribution >= 0.6 is 11.6 Å². The number of hydrogen-bond acceptors (Lipinski definition) is 4. The van der Waals surface area contributed by atoms with Gasteiger partial charge in [-0.1, -0.05) is 17.5 Å². The summed E-state index contributed by atoms with van der Waals surface area (Å²) < 4.78 is 4.86. The fourth-order valence-electron chi connectivity index (χ4n) is 0.766. The fourth-order valence-corrected chi connectivity index (χ4v) is 0.905. The highest BCUT2D eigenvalue weighted by Gasteiger charge is 2.16. The van der Waals surface area contributed by atoms with E-state index >= 15 is 0 Å². The van der Waals surface area contributed by atoms with Crippen LogP contribution in [-0.2, 0) is 0 Å². The van der Waals surface area contributed by atoms with Gasteiger partial charge in [0.15, 0.2) is 6.61 Å². The van der Waals surface area contributed by atoms with Crippen molar-refractivity contribution in [2.24, 2.45) is 0 Å². The lowest BCUT2D eigenvalue weighted by Crippen LogP contribution is -2.00. The van der Waals surface area contributed by atoms with Crippen molar-refractivity contribution in [1.29, 1.82) is 0 Å². The second kappa shape index (κ2) is 4.44. The molecule has 0 atom stereocenters.